The lowest BCUT2D eigenvalue weighted by molar-refractivity contribution is 0.197. The second kappa shape index (κ2) is 102. The summed E-state index contributed by atoms with van der Waals surface area (Å²) in [4.78, 5) is 0. The zero-order valence-electron chi connectivity index (χ0n) is 81.3. The molecule has 0 bridgehead atoms. The van der Waals surface area contributed by atoms with E-state index in [1.165, 1.54) is 242 Å². The van der Waals surface area contributed by atoms with Gasteiger partial charge in [0.25, 0.3) is 0 Å². The maximum atomic E-state index is 6.93. The molecule has 0 aliphatic heterocycles. The van der Waals surface area contributed by atoms with E-state index < -0.39 is 25.8 Å². The van der Waals surface area contributed by atoms with Gasteiger partial charge in [-0.3, -0.25) is 0 Å². The minimum Gasteiger partial charge on any atom is -0.426 e. The normalized spacial score (nSPS) is 9.72. The molecule has 0 aliphatic rings. The van der Waals surface area contributed by atoms with Gasteiger partial charge in [-0.05, 0) is 221 Å². The fourth-order valence-electron chi connectivity index (χ4n) is 13.8. The van der Waals surface area contributed by atoms with Crippen molar-refractivity contribution < 1.29 is 106 Å². The zero-order chi connectivity index (χ0) is 85.0. The van der Waals surface area contributed by atoms with Crippen molar-refractivity contribution in [3.63, 3.8) is 0 Å². The maximum absolute atomic E-state index is 6.93. The number of aryl methyl sites for hydroxylation is 6. The van der Waals surface area contributed by atoms with Gasteiger partial charge in [-0.25, -0.2) is 0 Å². The molecule has 0 saturated carbocycles. The van der Waals surface area contributed by atoms with Crippen LogP contribution in [-0.4, -0.2) is 92.1 Å². The van der Waals surface area contributed by atoms with Gasteiger partial charge in [0.2, 0.25) is 0 Å². The first-order chi connectivity index (χ1) is 57.9. The highest BCUT2D eigenvalue weighted by Gasteiger charge is 2.28. The van der Waals surface area contributed by atoms with Crippen LogP contribution in [0.3, 0.4) is 0 Å². The topological polar surface area (TPSA) is 461 Å². The Morgan fingerprint density at radius 3 is 0.654 bits per heavy atom. The van der Waals surface area contributed by atoms with Gasteiger partial charge >= 0.3 is 25.8 Å². The van der Waals surface area contributed by atoms with E-state index >= 15 is 0 Å². The van der Waals surface area contributed by atoms with E-state index in [0.29, 0.717) is 32.2 Å². The van der Waals surface area contributed by atoms with Crippen molar-refractivity contribution in [3.8, 4) is 160 Å². The summed E-state index contributed by atoms with van der Waals surface area (Å²) >= 11 is 0. The monoisotopic (exact) mass is 1870 g/mol. The van der Waals surface area contributed by atoms with E-state index in [4.69, 9.17) is 40.7 Å². The lowest BCUT2D eigenvalue weighted by Gasteiger charge is -2.28. The minimum atomic E-state index is -2.24. The van der Waals surface area contributed by atoms with Crippen molar-refractivity contribution in [1.29, 1.82) is 0 Å². The van der Waals surface area contributed by atoms with Crippen LogP contribution >= 0.6 is 25.8 Å². The highest BCUT2D eigenvalue weighted by atomic mass is 31.2. The van der Waals surface area contributed by atoms with Crippen molar-refractivity contribution in [1.82, 2.24) is 0 Å². The molecule has 2 atom stereocenters. The predicted octanol–water partition coefficient (Wildman–Crippen LogP) is 20.1. The third kappa shape index (κ3) is 73.6. The standard InChI is InChI=1S/C106H145O9P3.12H2O/c1-14-20-26-32-38-44-50-56-62-68-74-80-107-116(108-81-75-69-63-57-51-45-39-33-27-21-15-2)113-104-90-94(8)100(87-97(104)11)93(7)86-103(101-88-98(12)105(91-95(101)9)114-117(109-82-76-70-64-58-52-46-40-34-28-22-16-3)110-83-77-71-65-59-53-47-41-35-29-23-17-4)102-89-99(13)106(92-96(102)10)115-118(111-84-78-72-66-60-54-48-42-36-30-24-18-5)112-85-79-73-67-61-55-49-43-37-31-25-19-6;;;;;;;;;;;;/h87-93,103H,14-17,20-23,26-29,32-35,38-41,44-47,50-53,56-59,62-65,68-71,74-77,80-83,86H2,1-13H3;12*1H2. The van der Waals surface area contributed by atoms with Gasteiger partial charge in [-0.1, -0.05) is 321 Å². The smallest absolute Gasteiger partial charge is 0.426 e. The van der Waals surface area contributed by atoms with Crippen LogP contribution in [0.15, 0.2) is 36.4 Å². The summed E-state index contributed by atoms with van der Waals surface area (Å²) in [5, 5.41) is 0. The molecule has 0 aromatic heterocycles. The summed E-state index contributed by atoms with van der Waals surface area (Å²) in [6, 6.07) is 13.3. The van der Waals surface area contributed by atoms with Crippen molar-refractivity contribution in [2.75, 3.05) is 26.4 Å². The molecule has 734 valence electrons. The van der Waals surface area contributed by atoms with Crippen LogP contribution in [0.5, 0.6) is 17.2 Å². The molecule has 24 heteroatoms. The molecular formula is C106H169O21P3. The van der Waals surface area contributed by atoms with Crippen molar-refractivity contribution in [2.45, 2.75) is 391 Å². The van der Waals surface area contributed by atoms with Gasteiger partial charge < -0.3 is 106 Å². The lowest BCUT2D eigenvalue weighted by atomic mass is 9.77. The van der Waals surface area contributed by atoms with E-state index in [1.807, 2.05) is 13.0 Å². The van der Waals surface area contributed by atoms with Crippen molar-refractivity contribution in [3.05, 3.63) is 86.5 Å². The highest BCUT2D eigenvalue weighted by Crippen LogP contribution is 2.49. The molecule has 0 fully saturated rings. The average Bonchev–Trinajstić information content (AvgIpc) is 0.794. The van der Waals surface area contributed by atoms with Crippen molar-refractivity contribution >= 4 is 25.8 Å². The Balaban J connectivity index is -0.00000150. The van der Waals surface area contributed by atoms with Gasteiger partial charge in [0.1, 0.15) is 29.5 Å². The highest BCUT2D eigenvalue weighted by molar-refractivity contribution is 7.42. The Hall–Kier alpha value is -7.97. The van der Waals surface area contributed by atoms with Crippen LogP contribution in [0.1, 0.15) is 399 Å². The van der Waals surface area contributed by atoms with E-state index in [0.717, 1.165) is 108 Å². The molecule has 0 heterocycles. The molecule has 21 nitrogen and oxygen atoms in total. The number of benzene rings is 3. The lowest BCUT2D eigenvalue weighted by Crippen LogP contribution is -2.12. The molecule has 0 saturated heterocycles. The van der Waals surface area contributed by atoms with Crippen LogP contribution < -0.4 is 13.6 Å². The molecule has 0 aliphatic carbocycles. The largest absolute Gasteiger partial charge is 0.548 e. The van der Waals surface area contributed by atoms with E-state index in [2.05, 4.69) is 242 Å². The Bertz CT molecular complexity index is 3960. The summed E-state index contributed by atoms with van der Waals surface area (Å²) in [6.45, 7) is 30.3. The molecule has 3 aromatic rings. The first kappa shape index (κ1) is 142. The Labute approximate surface area is 791 Å². The first-order valence-corrected chi connectivity index (χ1v) is 48.7. The molecule has 2 unspecified atom stereocenters. The molecule has 130 heavy (non-hydrogen) atoms. The van der Waals surface area contributed by atoms with Gasteiger partial charge in [0.05, 0.1) is 26.4 Å². The molecule has 0 amide bonds. The fraction of sp³-hybridized carbons (Fsp3) is 0.604. The zero-order valence-corrected chi connectivity index (χ0v) is 84.0. The van der Waals surface area contributed by atoms with E-state index in [-0.39, 0.29) is 77.6 Å². The average molecular weight is 1870 g/mol. The van der Waals surface area contributed by atoms with E-state index in [1.54, 1.807) is 13.8 Å². The summed E-state index contributed by atoms with van der Waals surface area (Å²) in [7, 11) is -5.51. The number of rotatable bonds is 65. The van der Waals surface area contributed by atoms with E-state index in [9.17, 15) is 0 Å². The fourth-order valence-corrected chi connectivity index (χ4v) is 16.7. The van der Waals surface area contributed by atoms with Crippen LogP contribution in [-0.2, 0) is 27.1 Å². The molecule has 0 spiro atoms. The van der Waals surface area contributed by atoms with Crippen molar-refractivity contribution in [2.24, 2.45) is 0 Å². The Kier molecular flexibility index (Phi) is 111. The molecule has 3 aromatic carbocycles. The third-order valence-corrected chi connectivity index (χ3v) is 23.7. The molecule has 24 N–H and O–H groups in total. The summed E-state index contributed by atoms with van der Waals surface area (Å²) in [6.07, 6.45) is 62.1. The van der Waals surface area contributed by atoms with Gasteiger partial charge in [-0.15, -0.1) is 0 Å². The molecule has 3 rings (SSSR count). The third-order valence-electron chi connectivity index (χ3n) is 20.6. The quantitative estimate of drug-likeness (QED) is 0.0294. The SMILES string of the molecule is CC#CC#CC#CC#CC#CC#COP(OC#CC#CC#CC#CC#CC#CC)Oc1cc(C)c(C(CC(C)c2cc(C)c(OP(OCCCCCCCCCCCCC)OCCCCCCCCCCCCC)cc2C)c2cc(C)c(OP(OCCCCCCCCCCCCC)OCCCCCCCCCCCCC)cc2C)cc1C.O.O.O.O.O.O.O.O.O.O.O.O. The minimum absolute atomic E-state index is 0. The second-order valence-corrected chi connectivity index (χ2v) is 34.2. The Morgan fingerprint density at radius 1 is 0.231 bits per heavy atom. The Morgan fingerprint density at radius 2 is 0.423 bits per heavy atom. The number of unbranched alkanes of at least 4 members (excludes halogenated alkanes) is 40. The molecular weight excluding hydrogens is 1700 g/mol. The van der Waals surface area contributed by atoms with Crippen LogP contribution in [0.2, 0.25) is 0 Å². The van der Waals surface area contributed by atoms with Crippen LogP contribution in [0.25, 0.3) is 0 Å². The van der Waals surface area contributed by atoms with Gasteiger partial charge in [0, 0.05) is 65.1 Å². The van der Waals surface area contributed by atoms with Crippen LogP contribution in [0, 0.1) is 184 Å². The van der Waals surface area contributed by atoms with Gasteiger partial charge in [-0.2, -0.15) is 0 Å². The van der Waals surface area contributed by atoms with Crippen LogP contribution in [0.4, 0.5) is 0 Å². The molecule has 0 radical (unpaired) electrons. The second-order valence-electron chi connectivity index (χ2n) is 30.9. The maximum Gasteiger partial charge on any atom is 0.548 e. The predicted molar refractivity (Wildman–Crippen MR) is 545 cm³/mol. The summed E-state index contributed by atoms with van der Waals surface area (Å²) in [5.74, 6) is 60.3. The van der Waals surface area contributed by atoms with Gasteiger partial charge in [0.15, 0.2) is 0 Å². The summed E-state index contributed by atoms with van der Waals surface area (Å²) in [5.41, 5.74) is 9.81. The number of hydrogen-bond acceptors (Lipinski definition) is 9. The summed E-state index contributed by atoms with van der Waals surface area (Å²) < 4.78 is 58.6. The first-order valence-electron chi connectivity index (χ1n) is 45.4. The number of hydrogen-bond donors (Lipinski definition) is 0.